The largest absolute Gasteiger partial charge is 0.264 e. The molecule has 0 atom stereocenters. The molecule has 13 heavy (non-hydrogen) atoms. The Labute approximate surface area is 85.1 Å². The Kier molecular flexibility index (Phi) is 17.6. The Morgan fingerprint density at radius 3 is 1.62 bits per heavy atom. The minimum Gasteiger partial charge on any atom is -0.264 e. The smallest absolute Gasteiger partial charge is 0.258 e. The summed E-state index contributed by atoms with van der Waals surface area (Å²) in [4.78, 5) is 0. The van der Waals surface area contributed by atoms with Crippen LogP contribution in [0.5, 0.6) is 0 Å². The van der Waals surface area contributed by atoms with Crippen molar-refractivity contribution >= 4 is 12.1 Å². The van der Waals surface area contributed by atoms with Crippen LogP contribution in [0.15, 0.2) is 0 Å². The number of hydrogen-bond donors (Lipinski definition) is 1. The van der Waals surface area contributed by atoms with Gasteiger partial charge in [0, 0.05) is 19.1 Å². The summed E-state index contributed by atoms with van der Waals surface area (Å²) in [5.74, 6) is -2.65. The van der Waals surface area contributed by atoms with Crippen molar-refractivity contribution in [2.24, 2.45) is 5.14 Å². The van der Waals surface area contributed by atoms with Crippen LogP contribution in [0.1, 0.15) is 34.6 Å². The molecule has 0 heterocycles. The molecular weight excluding hydrogens is 194 g/mol. The highest BCUT2D eigenvalue weighted by Crippen LogP contribution is 2.14. The van der Waals surface area contributed by atoms with Crippen LogP contribution in [0.3, 0.4) is 0 Å². The molecule has 2 nitrogen and oxygen atoms in total. The van der Waals surface area contributed by atoms with Crippen molar-refractivity contribution in [2.45, 2.75) is 40.5 Å². The van der Waals surface area contributed by atoms with Crippen LogP contribution >= 0.6 is 12.1 Å². The molecule has 0 rings (SSSR count). The van der Waals surface area contributed by atoms with Gasteiger partial charge in [-0.05, 0) is 7.05 Å². The first-order valence-corrected chi connectivity index (χ1v) is 5.25. The number of hydrogen-bond acceptors (Lipinski definition) is 3. The molecule has 0 unspecified atom stereocenters. The van der Waals surface area contributed by atoms with Gasteiger partial charge in [-0.2, -0.15) is 0 Å². The van der Waals surface area contributed by atoms with Gasteiger partial charge >= 0.3 is 0 Å². The highest BCUT2D eigenvalue weighted by Gasteiger charge is 2.22. The van der Waals surface area contributed by atoms with E-state index in [4.69, 9.17) is 5.14 Å². The SMILES string of the molecule is CC.CC.CN(CC(C)(F)F)SN. The second kappa shape index (κ2) is 12.1. The van der Waals surface area contributed by atoms with Crippen LogP contribution in [0.4, 0.5) is 8.78 Å². The van der Waals surface area contributed by atoms with E-state index in [1.54, 1.807) is 0 Å². The molecule has 0 aromatic rings. The lowest BCUT2D eigenvalue weighted by Crippen LogP contribution is -2.28. The number of halogens is 2. The third-order valence-corrected chi connectivity index (χ3v) is 1.17. The van der Waals surface area contributed by atoms with Gasteiger partial charge in [-0.3, -0.25) is 5.14 Å². The van der Waals surface area contributed by atoms with E-state index in [0.717, 1.165) is 19.1 Å². The fourth-order valence-electron chi connectivity index (χ4n) is 0.428. The summed E-state index contributed by atoms with van der Waals surface area (Å²) in [5, 5.41) is 4.99. The quantitative estimate of drug-likeness (QED) is 0.735. The predicted molar refractivity (Wildman–Crippen MR) is 57.7 cm³/mol. The Bertz CT molecular complexity index is 86.7. The minimum atomic E-state index is -2.65. The van der Waals surface area contributed by atoms with Crippen LogP contribution in [-0.4, -0.2) is 23.8 Å². The van der Waals surface area contributed by atoms with E-state index in [0.29, 0.717) is 0 Å². The van der Waals surface area contributed by atoms with Crippen molar-refractivity contribution in [2.75, 3.05) is 13.6 Å². The van der Waals surface area contributed by atoms with Crippen LogP contribution in [0, 0.1) is 0 Å². The zero-order valence-electron chi connectivity index (χ0n) is 9.40. The summed E-state index contributed by atoms with van der Waals surface area (Å²) in [6.45, 7) is 8.55. The Balaban J connectivity index is -0.000000218. The van der Waals surface area contributed by atoms with Crippen LogP contribution < -0.4 is 5.14 Å². The minimum absolute atomic E-state index is 0.311. The van der Waals surface area contributed by atoms with Crippen molar-refractivity contribution in [3.63, 3.8) is 0 Å². The second-order valence-corrected chi connectivity index (χ2v) is 2.80. The first kappa shape index (κ1) is 18.8. The molecule has 0 aromatic heterocycles. The third-order valence-electron chi connectivity index (χ3n) is 0.680. The van der Waals surface area contributed by atoms with E-state index in [1.807, 2.05) is 27.7 Å². The van der Waals surface area contributed by atoms with E-state index in [1.165, 1.54) is 11.4 Å². The fraction of sp³-hybridized carbons (Fsp3) is 1.00. The van der Waals surface area contributed by atoms with E-state index >= 15 is 0 Å². The fourth-order valence-corrected chi connectivity index (χ4v) is 0.729. The molecule has 0 saturated carbocycles. The van der Waals surface area contributed by atoms with E-state index in [-0.39, 0.29) is 6.54 Å². The molecule has 0 bridgehead atoms. The molecule has 0 radical (unpaired) electrons. The maximum Gasteiger partial charge on any atom is 0.258 e. The average molecular weight is 216 g/mol. The number of nitrogens with zero attached hydrogens (tertiary/aromatic N) is 1. The van der Waals surface area contributed by atoms with Crippen molar-refractivity contribution in [3.8, 4) is 0 Å². The Hall–Kier alpha value is 0.130. The molecular formula is C8H22F2N2S. The molecule has 0 amide bonds. The van der Waals surface area contributed by atoms with Gasteiger partial charge in [-0.1, -0.05) is 27.7 Å². The van der Waals surface area contributed by atoms with Gasteiger partial charge in [0.25, 0.3) is 5.92 Å². The number of nitrogens with two attached hydrogens (primary N) is 1. The molecule has 84 valence electrons. The highest BCUT2D eigenvalue weighted by atomic mass is 32.2. The summed E-state index contributed by atoms with van der Waals surface area (Å²) < 4.78 is 25.4. The van der Waals surface area contributed by atoms with Gasteiger partial charge in [0.15, 0.2) is 0 Å². The van der Waals surface area contributed by atoms with Crippen LogP contribution in [-0.2, 0) is 0 Å². The standard InChI is InChI=1S/C4H10F2N2S.2C2H6/c1-4(5,6)3-8(2)9-7;2*1-2/h3,7H2,1-2H3;2*1-2H3. The van der Waals surface area contributed by atoms with Gasteiger partial charge < -0.3 is 0 Å². The summed E-state index contributed by atoms with van der Waals surface area (Å²) in [6.07, 6.45) is 0. The zero-order valence-corrected chi connectivity index (χ0v) is 10.2. The molecule has 0 fully saturated rings. The molecule has 0 aliphatic heterocycles. The average Bonchev–Trinajstić information content (AvgIpc) is 2.09. The monoisotopic (exact) mass is 216 g/mol. The van der Waals surface area contributed by atoms with Gasteiger partial charge in [0.05, 0.1) is 6.54 Å². The van der Waals surface area contributed by atoms with E-state index < -0.39 is 5.92 Å². The summed E-state index contributed by atoms with van der Waals surface area (Å²) in [5.41, 5.74) is 0. The topological polar surface area (TPSA) is 29.3 Å². The van der Waals surface area contributed by atoms with E-state index in [9.17, 15) is 8.78 Å². The maximum absolute atomic E-state index is 12.0. The van der Waals surface area contributed by atoms with Gasteiger partial charge in [-0.15, -0.1) is 0 Å². The Morgan fingerprint density at radius 1 is 1.23 bits per heavy atom. The lowest BCUT2D eigenvalue weighted by Gasteiger charge is -2.16. The zero-order chi connectivity index (χ0) is 11.5. The lowest BCUT2D eigenvalue weighted by molar-refractivity contribution is 0.0101. The van der Waals surface area contributed by atoms with Crippen molar-refractivity contribution < 1.29 is 8.78 Å². The van der Waals surface area contributed by atoms with Crippen molar-refractivity contribution in [1.29, 1.82) is 0 Å². The van der Waals surface area contributed by atoms with Gasteiger partial charge in [0.2, 0.25) is 0 Å². The summed E-state index contributed by atoms with van der Waals surface area (Å²) in [6, 6.07) is 0. The maximum atomic E-state index is 12.0. The number of alkyl halides is 2. The lowest BCUT2D eigenvalue weighted by atomic mass is 10.4. The first-order chi connectivity index (χ1) is 5.95. The molecule has 0 aromatic carbocycles. The highest BCUT2D eigenvalue weighted by molar-refractivity contribution is 7.94. The molecule has 0 saturated heterocycles. The van der Waals surface area contributed by atoms with Gasteiger partial charge in [0.1, 0.15) is 0 Å². The molecule has 0 aliphatic carbocycles. The van der Waals surface area contributed by atoms with Crippen molar-refractivity contribution in [3.05, 3.63) is 0 Å². The summed E-state index contributed by atoms with van der Waals surface area (Å²) in [7, 11) is 1.52. The second-order valence-electron chi connectivity index (χ2n) is 1.96. The van der Waals surface area contributed by atoms with Crippen LogP contribution in [0.2, 0.25) is 0 Å². The number of rotatable bonds is 3. The molecule has 5 heteroatoms. The molecule has 0 spiro atoms. The first-order valence-electron chi connectivity index (χ1n) is 4.41. The summed E-state index contributed by atoms with van der Waals surface area (Å²) >= 11 is 0.805. The van der Waals surface area contributed by atoms with Crippen LogP contribution in [0.25, 0.3) is 0 Å². The third kappa shape index (κ3) is 24.5. The van der Waals surface area contributed by atoms with Crippen molar-refractivity contribution in [1.82, 2.24) is 4.31 Å². The van der Waals surface area contributed by atoms with E-state index in [2.05, 4.69) is 0 Å². The molecule has 2 N–H and O–H groups in total. The predicted octanol–water partition coefficient (Wildman–Crippen LogP) is 3.15. The normalized spacial score (nSPS) is 9.69. The Morgan fingerprint density at radius 2 is 1.54 bits per heavy atom. The van der Waals surface area contributed by atoms with Gasteiger partial charge in [-0.25, -0.2) is 13.1 Å². The molecule has 0 aliphatic rings.